The molecule has 0 saturated heterocycles. The van der Waals surface area contributed by atoms with Gasteiger partial charge in [0.1, 0.15) is 5.75 Å². The lowest BCUT2D eigenvalue weighted by atomic mass is 10.2. The number of rotatable bonds is 7. The van der Waals surface area contributed by atoms with Crippen molar-refractivity contribution in [2.45, 2.75) is 31.8 Å². The highest BCUT2D eigenvalue weighted by atomic mass is 79.9. The zero-order valence-corrected chi connectivity index (χ0v) is 16.0. The third-order valence-electron chi connectivity index (χ3n) is 4.39. The Morgan fingerprint density at radius 2 is 2.20 bits per heavy atom. The summed E-state index contributed by atoms with van der Waals surface area (Å²) in [6.45, 7) is 2.76. The maximum Gasteiger partial charge on any atom is 0.252 e. The minimum absolute atomic E-state index is 0.113. The van der Waals surface area contributed by atoms with Crippen molar-refractivity contribution in [1.29, 1.82) is 0 Å². The number of likely N-dealkylation sites (N-methyl/N-ethyl adjacent to an activating group) is 1. The Hall–Kier alpha value is -1.92. The Morgan fingerprint density at radius 1 is 1.40 bits per heavy atom. The van der Waals surface area contributed by atoms with Crippen molar-refractivity contribution in [3.05, 3.63) is 52.6 Å². The molecular weight excluding hydrogens is 382 g/mol. The molecule has 1 aromatic carbocycles. The van der Waals surface area contributed by atoms with Gasteiger partial charge in [-0.15, -0.1) is 0 Å². The molecule has 1 saturated carbocycles. The smallest absolute Gasteiger partial charge is 0.252 e. The second-order valence-electron chi connectivity index (χ2n) is 6.40. The van der Waals surface area contributed by atoms with Gasteiger partial charge < -0.3 is 10.1 Å². The molecule has 3 rings (SSSR count). The van der Waals surface area contributed by atoms with Crippen molar-refractivity contribution in [3.8, 4) is 11.6 Å². The summed E-state index contributed by atoms with van der Waals surface area (Å²) in [5.74, 6) is 1.03. The predicted molar refractivity (Wildman–Crippen MR) is 101 cm³/mol. The molecule has 0 aliphatic heterocycles. The van der Waals surface area contributed by atoms with E-state index >= 15 is 0 Å². The van der Waals surface area contributed by atoms with Crippen LogP contribution in [0.2, 0.25) is 0 Å². The number of ether oxygens (including phenoxy) is 1. The molecule has 1 N–H and O–H groups in total. The van der Waals surface area contributed by atoms with Gasteiger partial charge >= 0.3 is 0 Å². The average molecular weight is 404 g/mol. The molecule has 0 spiro atoms. The van der Waals surface area contributed by atoms with Crippen molar-refractivity contribution in [1.82, 2.24) is 15.2 Å². The van der Waals surface area contributed by atoms with Crippen LogP contribution in [0.25, 0.3) is 0 Å². The van der Waals surface area contributed by atoms with Gasteiger partial charge in [-0.1, -0.05) is 22.0 Å². The molecule has 1 aromatic heterocycles. The quantitative estimate of drug-likeness (QED) is 0.762. The van der Waals surface area contributed by atoms with Gasteiger partial charge in [0.2, 0.25) is 5.88 Å². The summed E-state index contributed by atoms with van der Waals surface area (Å²) < 4.78 is 6.61. The summed E-state index contributed by atoms with van der Waals surface area (Å²) in [5.41, 5.74) is 0.530. The van der Waals surface area contributed by atoms with Crippen molar-refractivity contribution in [2.75, 3.05) is 13.6 Å². The van der Waals surface area contributed by atoms with E-state index in [0.717, 1.165) is 4.47 Å². The normalized spacial score (nSPS) is 15.0. The summed E-state index contributed by atoms with van der Waals surface area (Å²) in [5, 5.41) is 2.97. The Balaban J connectivity index is 1.53. The van der Waals surface area contributed by atoms with Crippen LogP contribution in [0.15, 0.2) is 47.1 Å². The van der Waals surface area contributed by atoms with Crippen molar-refractivity contribution >= 4 is 21.8 Å². The molecule has 0 radical (unpaired) electrons. The maximum absolute atomic E-state index is 12.3. The van der Waals surface area contributed by atoms with E-state index in [-0.39, 0.29) is 5.91 Å². The van der Waals surface area contributed by atoms with Crippen molar-refractivity contribution in [2.24, 2.45) is 0 Å². The topological polar surface area (TPSA) is 54.5 Å². The average Bonchev–Trinajstić information content (AvgIpc) is 3.44. The summed E-state index contributed by atoms with van der Waals surface area (Å²) in [6.07, 6.45) is 4.06. The molecule has 5 nitrogen and oxygen atoms in total. The lowest BCUT2D eigenvalue weighted by molar-refractivity contribution is 0.0939. The fourth-order valence-electron chi connectivity index (χ4n) is 2.55. The highest BCUT2D eigenvalue weighted by Gasteiger charge is 2.29. The molecule has 25 heavy (non-hydrogen) atoms. The van der Waals surface area contributed by atoms with Gasteiger partial charge in [0.15, 0.2) is 0 Å². The standard InChI is InChI=1S/C19H22BrN3O2/c1-13(23(2)16-7-8-16)11-22-19(24)14-6-9-18(21-12-14)25-17-5-3-4-15(20)10-17/h3-6,9-10,12-13,16H,7-8,11H2,1-2H3,(H,22,24). The molecule has 1 heterocycles. The third-order valence-corrected chi connectivity index (χ3v) is 4.89. The van der Waals surface area contributed by atoms with Gasteiger partial charge in [0, 0.05) is 35.4 Å². The number of nitrogens with one attached hydrogen (secondary N) is 1. The minimum atomic E-state index is -0.113. The molecule has 1 unspecified atom stereocenters. The van der Waals surface area contributed by atoms with E-state index in [9.17, 15) is 4.79 Å². The number of benzene rings is 1. The summed E-state index contributed by atoms with van der Waals surface area (Å²) in [4.78, 5) is 18.8. The molecule has 1 amide bonds. The number of hydrogen-bond donors (Lipinski definition) is 1. The lowest BCUT2D eigenvalue weighted by Gasteiger charge is -2.24. The van der Waals surface area contributed by atoms with Gasteiger partial charge in [0.25, 0.3) is 5.91 Å². The predicted octanol–water partition coefficient (Wildman–Crippen LogP) is 3.85. The number of carbonyl (C=O) groups is 1. The lowest BCUT2D eigenvalue weighted by Crippen LogP contribution is -2.41. The van der Waals surface area contributed by atoms with Gasteiger partial charge in [-0.05, 0) is 51.1 Å². The molecule has 1 atom stereocenters. The Bertz CT molecular complexity index is 732. The fraction of sp³-hybridized carbons (Fsp3) is 0.368. The zero-order chi connectivity index (χ0) is 17.8. The van der Waals surface area contributed by atoms with Gasteiger partial charge in [0.05, 0.1) is 5.56 Å². The Morgan fingerprint density at radius 3 is 2.84 bits per heavy atom. The number of amides is 1. The highest BCUT2D eigenvalue weighted by Crippen LogP contribution is 2.26. The fourth-order valence-corrected chi connectivity index (χ4v) is 2.93. The maximum atomic E-state index is 12.3. The highest BCUT2D eigenvalue weighted by molar-refractivity contribution is 9.10. The Labute approximate surface area is 156 Å². The van der Waals surface area contributed by atoms with Gasteiger partial charge in [-0.25, -0.2) is 4.98 Å². The van der Waals surface area contributed by atoms with E-state index in [4.69, 9.17) is 4.74 Å². The number of halogens is 1. The minimum Gasteiger partial charge on any atom is -0.439 e. The van der Waals surface area contributed by atoms with Crippen LogP contribution in [0.3, 0.4) is 0 Å². The van der Waals surface area contributed by atoms with E-state index in [1.165, 1.54) is 19.0 Å². The van der Waals surface area contributed by atoms with Crippen molar-refractivity contribution in [3.63, 3.8) is 0 Å². The number of carbonyl (C=O) groups excluding carboxylic acids is 1. The number of aromatic nitrogens is 1. The van der Waals surface area contributed by atoms with E-state index in [0.29, 0.717) is 35.8 Å². The van der Waals surface area contributed by atoms with Crippen LogP contribution in [-0.2, 0) is 0 Å². The van der Waals surface area contributed by atoms with Gasteiger partial charge in [-0.3, -0.25) is 9.69 Å². The molecule has 0 bridgehead atoms. The molecule has 1 aliphatic rings. The van der Waals surface area contributed by atoms with Crippen LogP contribution in [0.4, 0.5) is 0 Å². The van der Waals surface area contributed by atoms with Crippen LogP contribution >= 0.6 is 15.9 Å². The van der Waals surface area contributed by atoms with Crippen LogP contribution in [0, 0.1) is 0 Å². The molecule has 132 valence electrons. The van der Waals surface area contributed by atoms with Crippen LogP contribution in [0.5, 0.6) is 11.6 Å². The van der Waals surface area contributed by atoms with Crippen LogP contribution in [-0.4, -0.2) is 41.5 Å². The first-order valence-corrected chi connectivity index (χ1v) is 9.22. The first-order valence-electron chi connectivity index (χ1n) is 8.42. The molecule has 1 aliphatic carbocycles. The largest absolute Gasteiger partial charge is 0.439 e. The molecular formula is C19H22BrN3O2. The molecule has 1 fully saturated rings. The molecule has 2 aromatic rings. The van der Waals surface area contributed by atoms with E-state index < -0.39 is 0 Å². The van der Waals surface area contributed by atoms with E-state index in [2.05, 4.69) is 45.1 Å². The van der Waals surface area contributed by atoms with Crippen molar-refractivity contribution < 1.29 is 9.53 Å². The zero-order valence-electron chi connectivity index (χ0n) is 14.4. The van der Waals surface area contributed by atoms with Gasteiger partial charge in [-0.2, -0.15) is 0 Å². The van der Waals surface area contributed by atoms with Crippen LogP contribution in [0.1, 0.15) is 30.1 Å². The van der Waals surface area contributed by atoms with E-state index in [1.54, 1.807) is 12.1 Å². The summed E-state index contributed by atoms with van der Waals surface area (Å²) >= 11 is 3.40. The first-order chi connectivity index (χ1) is 12.0. The third kappa shape index (κ3) is 5.03. The Kier molecular flexibility index (Phi) is 5.71. The number of nitrogens with zero attached hydrogens (tertiary/aromatic N) is 2. The second kappa shape index (κ2) is 7.97. The number of pyridine rings is 1. The SMILES string of the molecule is CC(CNC(=O)c1ccc(Oc2cccc(Br)c2)nc1)N(C)C1CC1. The molecule has 6 heteroatoms. The summed E-state index contributed by atoms with van der Waals surface area (Å²) in [7, 11) is 2.12. The van der Waals surface area contributed by atoms with Crippen LogP contribution < -0.4 is 10.1 Å². The second-order valence-corrected chi connectivity index (χ2v) is 7.32. The number of hydrogen-bond acceptors (Lipinski definition) is 4. The summed E-state index contributed by atoms with van der Waals surface area (Å²) in [6, 6.07) is 12.0. The first kappa shape index (κ1) is 17.9. The van der Waals surface area contributed by atoms with E-state index in [1.807, 2.05) is 24.3 Å². The monoisotopic (exact) mass is 403 g/mol.